The van der Waals surface area contributed by atoms with Gasteiger partial charge in [-0.3, -0.25) is 9.59 Å². The molecule has 0 saturated heterocycles. The molecule has 2 atom stereocenters. The molecule has 0 aromatic rings. The van der Waals surface area contributed by atoms with E-state index < -0.39 is 23.8 Å². The van der Waals surface area contributed by atoms with Crippen LogP contribution in [0.25, 0.3) is 0 Å². The Labute approximate surface area is 109 Å². The highest BCUT2D eigenvalue weighted by atomic mass is 16.4. The Morgan fingerprint density at radius 2 is 1.00 bits per heavy atom. The molecule has 0 aromatic heterocycles. The summed E-state index contributed by atoms with van der Waals surface area (Å²) in [6.45, 7) is 11.2. The smallest absolute Gasteiger partial charge is 0.307 e. The number of rotatable bonds is 5. The van der Waals surface area contributed by atoms with Crippen molar-refractivity contribution in [1.82, 2.24) is 0 Å². The van der Waals surface area contributed by atoms with Crippen molar-refractivity contribution in [3.8, 4) is 0 Å². The highest BCUT2D eigenvalue weighted by Crippen LogP contribution is 2.35. The number of carboxylic acid groups (broad SMARTS) is 2. The molecule has 0 saturated carbocycles. The van der Waals surface area contributed by atoms with Crippen molar-refractivity contribution in [2.24, 2.45) is 22.7 Å². The second-order valence-electron chi connectivity index (χ2n) is 7.09. The summed E-state index contributed by atoms with van der Waals surface area (Å²) < 4.78 is 0. The van der Waals surface area contributed by atoms with E-state index in [0.29, 0.717) is 12.8 Å². The number of hydrogen-bond acceptors (Lipinski definition) is 2. The lowest BCUT2D eigenvalue weighted by atomic mass is 9.72. The third-order valence-corrected chi connectivity index (χ3v) is 3.43. The van der Waals surface area contributed by atoms with Crippen LogP contribution in [0.3, 0.4) is 0 Å². The summed E-state index contributed by atoms with van der Waals surface area (Å²) in [5.41, 5.74) is -0.709. The summed E-state index contributed by atoms with van der Waals surface area (Å²) in [6, 6.07) is 0. The molecule has 0 aliphatic heterocycles. The van der Waals surface area contributed by atoms with Gasteiger partial charge in [0.1, 0.15) is 0 Å². The van der Waals surface area contributed by atoms with E-state index in [4.69, 9.17) is 0 Å². The van der Waals surface area contributed by atoms with E-state index in [0.717, 1.165) is 0 Å². The van der Waals surface area contributed by atoms with E-state index in [1.54, 1.807) is 0 Å². The average molecular weight is 258 g/mol. The maximum absolute atomic E-state index is 11.2. The molecule has 0 radical (unpaired) electrons. The fraction of sp³-hybridized carbons (Fsp3) is 0.857. The fourth-order valence-electron chi connectivity index (χ4n) is 2.19. The highest BCUT2D eigenvalue weighted by molar-refractivity contribution is 5.72. The minimum Gasteiger partial charge on any atom is -0.481 e. The van der Waals surface area contributed by atoms with Gasteiger partial charge in [-0.05, 0) is 23.7 Å². The van der Waals surface area contributed by atoms with Gasteiger partial charge in [-0.15, -0.1) is 0 Å². The molecule has 2 unspecified atom stereocenters. The molecule has 0 aliphatic carbocycles. The van der Waals surface area contributed by atoms with Gasteiger partial charge in [0.05, 0.1) is 11.8 Å². The second kappa shape index (κ2) is 5.72. The largest absolute Gasteiger partial charge is 0.481 e. The van der Waals surface area contributed by atoms with Crippen LogP contribution < -0.4 is 0 Å². The molecule has 4 nitrogen and oxygen atoms in total. The zero-order valence-corrected chi connectivity index (χ0v) is 12.3. The van der Waals surface area contributed by atoms with E-state index >= 15 is 0 Å². The van der Waals surface area contributed by atoms with Crippen LogP contribution in [0.2, 0.25) is 0 Å². The predicted octanol–water partition coefficient (Wildman–Crippen LogP) is 3.26. The van der Waals surface area contributed by atoms with E-state index in [1.807, 2.05) is 41.5 Å². The molecule has 18 heavy (non-hydrogen) atoms. The van der Waals surface area contributed by atoms with E-state index in [1.165, 1.54) is 0 Å². The molecule has 4 heteroatoms. The molecule has 0 amide bonds. The zero-order valence-electron chi connectivity index (χ0n) is 12.3. The number of aliphatic carboxylic acids is 2. The summed E-state index contributed by atoms with van der Waals surface area (Å²) in [7, 11) is 0. The molecule has 0 heterocycles. The van der Waals surface area contributed by atoms with Crippen LogP contribution in [0.4, 0.5) is 0 Å². The fourth-order valence-corrected chi connectivity index (χ4v) is 2.19. The first-order valence-corrected chi connectivity index (χ1v) is 6.33. The quantitative estimate of drug-likeness (QED) is 0.793. The zero-order chi connectivity index (χ0) is 14.7. The Morgan fingerprint density at radius 3 is 1.11 bits per heavy atom. The molecule has 0 aromatic carbocycles. The van der Waals surface area contributed by atoms with Crippen molar-refractivity contribution in [2.45, 2.75) is 54.4 Å². The van der Waals surface area contributed by atoms with Crippen LogP contribution in [0.15, 0.2) is 0 Å². The molecule has 106 valence electrons. The van der Waals surface area contributed by atoms with Crippen LogP contribution in [-0.2, 0) is 9.59 Å². The van der Waals surface area contributed by atoms with Crippen molar-refractivity contribution < 1.29 is 19.8 Å². The second-order valence-corrected chi connectivity index (χ2v) is 7.09. The normalized spacial score (nSPS) is 16.1. The maximum Gasteiger partial charge on any atom is 0.307 e. The monoisotopic (exact) mass is 258 g/mol. The van der Waals surface area contributed by atoms with Crippen molar-refractivity contribution in [3.05, 3.63) is 0 Å². The molecular formula is C14H26O4. The molecular weight excluding hydrogens is 232 g/mol. The minimum absolute atomic E-state index is 0.354. The van der Waals surface area contributed by atoms with Gasteiger partial charge in [-0.1, -0.05) is 41.5 Å². The third kappa shape index (κ3) is 5.07. The number of carboxylic acids is 2. The minimum atomic E-state index is -0.847. The van der Waals surface area contributed by atoms with Gasteiger partial charge in [-0.25, -0.2) is 0 Å². The van der Waals surface area contributed by atoms with Crippen molar-refractivity contribution in [2.75, 3.05) is 0 Å². The number of carbonyl (C=O) groups is 2. The van der Waals surface area contributed by atoms with E-state index in [-0.39, 0.29) is 10.8 Å². The molecule has 0 rings (SSSR count). The van der Waals surface area contributed by atoms with Crippen molar-refractivity contribution in [3.63, 3.8) is 0 Å². The summed E-state index contributed by atoms with van der Waals surface area (Å²) in [4.78, 5) is 22.5. The first-order valence-electron chi connectivity index (χ1n) is 6.33. The first-order chi connectivity index (χ1) is 7.87. The Morgan fingerprint density at radius 1 is 0.778 bits per heavy atom. The molecule has 0 aliphatic rings. The average Bonchev–Trinajstić information content (AvgIpc) is 2.05. The van der Waals surface area contributed by atoms with Crippen LogP contribution in [0.5, 0.6) is 0 Å². The summed E-state index contributed by atoms with van der Waals surface area (Å²) in [5.74, 6) is -2.72. The van der Waals surface area contributed by atoms with Gasteiger partial charge in [0.2, 0.25) is 0 Å². The van der Waals surface area contributed by atoms with Gasteiger partial charge in [0.15, 0.2) is 0 Å². The summed E-state index contributed by atoms with van der Waals surface area (Å²) >= 11 is 0. The molecule has 2 N–H and O–H groups in total. The summed E-state index contributed by atoms with van der Waals surface area (Å²) in [6.07, 6.45) is 0.792. The van der Waals surface area contributed by atoms with Gasteiger partial charge in [0, 0.05) is 0 Å². The number of hydrogen-bond donors (Lipinski definition) is 2. The Bertz CT molecular complexity index is 275. The molecule has 0 fully saturated rings. The van der Waals surface area contributed by atoms with Crippen molar-refractivity contribution >= 4 is 11.9 Å². The van der Waals surface area contributed by atoms with Gasteiger partial charge in [0.25, 0.3) is 0 Å². The third-order valence-electron chi connectivity index (χ3n) is 3.43. The van der Waals surface area contributed by atoms with Crippen LogP contribution >= 0.6 is 0 Å². The van der Waals surface area contributed by atoms with E-state index in [2.05, 4.69) is 0 Å². The highest BCUT2D eigenvalue weighted by Gasteiger charge is 2.36. The molecule has 0 spiro atoms. The van der Waals surface area contributed by atoms with Gasteiger partial charge >= 0.3 is 11.9 Å². The van der Waals surface area contributed by atoms with Crippen LogP contribution in [0.1, 0.15) is 54.4 Å². The van der Waals surface area contributed by atoms with Gasteiger partial charge in [-0.2, -0.15) is 0 Å². The maximum atomic E-state index is 11.2. The lowest BCUT2D eigenvalue weighted by Crippen LogP contribution is -2.33. The molecule has 0 bridgehead atoms. The van der Waals surface area contributed by atoms with Crippen LogP contribution in [-0.4, -0.2) is 22.2 Å². The Kier molecular flexibility index (Phi) is 5.38. The SMILES string of the molecule is CC(C)(C)C(CCC(C(=O)O)C(C)(C)C)C(=O)O. The Balaban J connectivity index is 4.80. The van der Waals surface area contributed by atoms with Gasteiger partial charge < -0.3 is 10.2 Å². The lowest BCUT2D eigenvalue weighted by Gasteiger charge is -2.31. The predicted molar refractivity (Wildman–Crippen MR) is 70.4 cm³/mol. The lowest BCUT2D eigenvalue weighted by molar-refractivity contribution is -0.150. The van der Waals surface area contributed by atoms with Crippen LogP contribution in [0, 0.1) is 22.7 Å². The Hall–Kier alpha value is -1.06. The first kappa shape index (κ1) is 16.9. The topological polar surface area (TPSA) is 74.6 Å². The van der Waals surface area contributed by atoms with Crippen molar-refractivity contribution in [1.29, 1.82) is 0 Å². The summed E-state index contributed by atoms with van der Waals surface area (Å²) in [5, 5.41) is 18.4. The van der Waals surface area contributed by atoms with E-state index in [9.17, 15) is 19.8 Å². The standard InChI is InChI=1S/C14H26O4/c1-13(2,3)9(11(15)16)7-8-10(12(17)18)14(4,5)6/h9-10H,7-8H2,1-6H3,(H,15,16)(H,17,18).